The van der Waals surface area contributed by atoms with Gasteiger partial charge in [-0.15, -0.1) is 0 Å². The van der Waals surface area contributed by atoms with Gasteiger partial charge in [-0.1, -0.05) is 24.3 Å². The first-order valence-electron chi connectivity index (χ1n) is 10.6. The van der Waals surface area contributed by atoms with Gasteiger partial charge >= 0.3 is 5.97 Å². The number of nitro benzene ring substituents is 1. The van der Waals surface area contributed by atoms with Gasteiger partial charge in [0.15, 0.2) is 0 Å². The zero-order valence-electron chi connectivity index (χ0n) is 19.2. The van der Waals surface area contributed by atoms with E-state index in [2.05, 4.69) is 0 Å². The number of aromatic carboxylic acids is 1. The van der Waals surface area contributed by atoms with Crippen LogP contribution in [0.25, 0.3) is 28.1 Å². The summed E-state index contributed by atoms with van der Waals surface area (Å²) in [5, 5.41) is 32.6. The summed E-state index contributed by atoms with van der Waals surface area (Å²) in [6.07, 6.45) is 0. The van der Waals surface area contributed by atoms with E-state index >= 15 is 0 Å². The quantitative estimate of drug-likeness (QED) is 0.286. The van der Waals surface area contributed by atoms with Gasteiger partial charge in [0.2, 0.25) is 0 Å². The maximum absolute atomic E-state index is 13.6. The molecular formula is C26H20N2O8. The average Bonchev–Trinajstić information content (AvgIpc) is 2.87. The number of phenols is 1. The molecule has 1 aromatic heterocycles. The van der Waals surface area contributed by atoms with Crippen LogP contribution in [0.1, 0.15) is 10.4 Å². The van der Waals surface area contributed by atoms with Crippen molar-refractivity contribution in [3.05, 3.63) is 98.8 Å². The Morgan fingerprint density at radius 1 is 0.972 bits per heavy atom. The fraction of sp³-hybridized carbons (Fsp3) is 0.0769. The zero-order chi connectivity index (χ0) is 26.0. The predicted octanol–water partition coefficient (Wildman–Crippen LogP) is 4.50. The Morgan fingerprint density at radius 2 is 1.67 bits per heavy atom. The molecule has 0 saturated heterocycles. The van der Waals surface area contributed by atoms with Crippen LogP contribution in [0.15, 0.2) is 77.6 Å². The first kappa shape index (κ1) is 24.0. The minimum absolute atomic E-state index is 0.0401. The van der Waals surface area contributed by atoms with Crippen molar-refractivity contribution in [3.8, 4) is 45.3 Å². The maximum atomic E-state index is 13.6. The molecular weight excluding hydrogens is 468 g/mol. The van der Waals surface area contributed by atoms with E-state index in [9.17, 15) is 29.9 Å². The van der Waals surface area contributed by atoms with Crippen molar-refractivity contribution < 1.29 is 29.4 Å². The summed E-state index contributed by atoms with van der Waals surface area (Å²) in [5.41, 5.74) is -1.02. The van der Waals surface area contributed by atoms with Crippen molar-refractivity contribution >= 4 is 11.7 Å². The summed E-state index contributed by atoms with van der Waals surface area (Å²) in [5.74, 6) is -1.10. The fourth-order valence-electron chi connectivity index (χ4n) is 3.99. The first-order chi connectivity index (χ1) is 17.3. The molecule has 0 radical (unpaired) electrons. The summed E-state index contributed by atoms with van der Waals surface area (Å²) >= 11 is 0. The van der Waals surface area contributed by atoms with Gasteiger partial charge in [-0.3, -0.25) is 19.5 Å². The third kappa shape index (κ3) is 4.23. The lowest BCUT2D eigenvalue weighted by molar-refractivity contribution is -0.384. The highest BCUT2D eigenvalue weighted by Gasteiger charge is 2.28. The largest absolute Gasteiger partial charge is 0.507 e. The lowest BCUT2D eigenvalue weighted by atomic mass is 9.94. The van der Waals surface area contributed by atoms with Crippen molar-refractivity contribution in [3.63, 3.8) is 0 Å². The van der Waals surface area contributed by atoms with Crippen LogP contribution in [0.5, 0.6) is 17.2 Å². The molecule has 36 heavy (non-hydrogen) atoms. The number of carboxylic acid groups (broad SMARTS) is 1. The van der Waals surface area contributed by atoms with Gasteiger partial charge in [0, 0.05) is 23.8 Å². The monoisotopic (exact) mass is 488 g/mol. The molecule has 0 saturated carbocycles. The molecule has 4 aromatic rings. The number of non-ortho nitro benzene ring substituents is 1. The van der Waals surface area contributed by atoms with Crippen molar-refractivity contribution in [2.45, 2.75) is 0 Å². The van der Waals surface area contributed by atoms with Crippen LogP contribution in [-0.4, -0.2) is 39.9 Å². The van der Waals surface area contributed by atoms with E-state index in [1.165, 1.54) is 50.6 Å². The van der Waals surface area contributed by atoms with Gasteiger partial charge < -0.3 is 19.7 Å². The zero-order valence-corrected chi connectivity index (χ0v) is 19.2. The number of hydrogen-bond acceptors (Lipinski definition) is 7. The lowest BCUT2D eigenvalue weighted by Gasteiger charge is -2.21. The van der Waals surface area contributed by atoms with Crippen LogP contribution < -0.4 is 15.0 Å². The minimum Gasteiger partial charge on any atom is -0.507 e. The van der Waals surface area contributed by atoms with Crippen molar-refractivity contribution in [2.24, 2.45) is 0 Å². The second-order valence-corrected chi connectivity index (χ2v) is 7.62. The number of pyridine rings is 1. The van der Waals surface area contributed by atoms with Gasteiger partial charge in [0.1, 0.15) is 17.2 Å². The summed E-state index contributed by atoms with van der Waals surface area (Å²) in [4.78, 5) is 37.0. The van der Waals surface area contributed by atoms with E-state index in [-0.39, 0.29) is 45.3 Å². The second kappa shape index (κ2) is 9.63. The molecule has 0 aliphatic rings. The smallest absolute Gasteiger partial charge is 0.338 e. The van der Waals surface area contributed by atoms with Crippen molar-refractivity contribution in [1.29, 1.82) is 0 Å². The Hall–Kier alpha value is -5.12. The molecule has 0 unspecified atom stereocenters. The number of aromatic nitrogens is 1. The first-order valence-corrected chi connectivity index (χ1v) is 10.6. The number of nitro groups is 1. The second-order valence-electron chi connectivity index (χ2n) is 7.62. The molecule has 0 atom stereocenters. The Balaban J connectivity index is 2.20. The van der Waals surface area contributed by atoms with Gasteiger partial charge in [-0.2, -0.15) is 0 Å². The number of rotatable bonds is 7. The number of nitrogens with zero attached hydrogens (tertiary/aromatic N) is 2. The molecule has 0 amide bonds. The molecule has 0 aliphatic heterocycles. The fourth-order valence-corrected chi connectivity index (χ4v) is 3.99. The molecule has 0 aliphatic carbocycles. The molecule has 3 aromatic carbocycles. The molecule has 4 rings (SSSR count). The number of ether oxygens (including phenoxy) is 2. The normalized spacial score (nSPS) is 10.6. The van der Waals surface area contributed by atoms with Gasteiger partial charge in [0.05, 0.1) is 41.7 Å². The molecule has 10 heteroatoms. The topological polar surface area (TPSA) is 141 Å². The molecule has 182 valence electrons. The molecule has 1 heterocycles. The minimum atomic E-state index is -1.39. The predicted molar refractivity (Wildman–Crippen MR) is 131 cm³/mol. The number of aromatic hydroxyl groups is 1. The van der Waals surface area contributed by atoms with Crippen LogP contribution in [0, 0.1) is 10.1 Å². The van der Waals surface area contributed by atoms with Gasteiger partial charge in [-0.25, -0.2) is 4.79 Å². The van der Waals surface area contributed by atoms with Crippen molar-refractivity contribution in [2.75, 3.05) is 14.2 Å². The molecule has 2 N–H and O–H groups in total. The van der Waals surface area contributed by atoms with Crippen LogP contribution in [-0.2, 0) is 0 Å². The number of benzene rings is 3. The van der Waals surface area contributed by atoms with Crippen LogP contribution >= 0.6 is 0 Å². The van der Waals surface area contributed by atoms with E-state index in [1.807, 2.05) is 0 Å². The Morgan fingerprint density at radius 3 is 2.28 bits per heavy atom. The average molecular weight is 488 g/mol. The number of methoxy groups -OCH3 is 2. The third-order valence-corrected chi connectivity index (χ3v) is 5.59. The highest BCUT2D eigenvalue weighted by Crippen LogP contribution is 2.42. The van der Waals surface area contributed by atoms with Crippen LogP contribution in [0.3, 0.4) is 0 Å². The van der Waals surface area contributed by atoms with Gasteiger partial charge in [-0.05, 0) is 35.9 Å². The number of hydrogen-bond donors (Lipinski definition) is 2. The lowest BCUT2D eigenvalue weighted by Crippen LogP contribution is -2.24. The SMILES string of the molecule is COc1ccc(-c2cc(=O)n(-c3cccc([N+](=O)[O-])c3)c(-c3c(O)cccc3OC)c2C(=O)O)cc1. The maximum Gasteiger partial charge on any atom is 0.338 e. The van der Waals surface area contributed by atoms with Crippen LogP contribution in [0.4, 0.5) is 5.69 Å². The Labute approximate surface area is 204 Å². The standard InChI is InChI=1S/C26H20N2O8/c1-35-18-11-9-15(10-12-18)19-14-22(30)27(16-5-3-6-17(13-16)28(33)34)25(23(19)26(31)32)24-20(29)7-4-8-21(24)36-2/h3-14,29H,1-2H3,(H,31,32). The van der Waals surface area contributed by atoms with E-state index < -0.39 is 16.5 Å². The molecule has 0 bridgehead atoms. The summed E-state index contributed by atoms with van der Waals surface area (Å²) in [7, 11) is 2.82. The molecule has 0 fully saturated rings. The molecule has 0 spiro atoms. The highest BCUT2D eigenvalue weighted by molar-refractivity contribution is 6.04. The Bertz CT molecular complexity index is 1540. The van der Waals surface area contributed by atoms with E-state index in [4.69, 9.17) is 9.47 Å². The Kier molecular flexibility index (Phi) is 6.42. The summed E-state index contributed by atoms with van der Waals surface area (Å²) < 4.78 is 11.6. The molecule has 10 nitrogen and oxygen atoms in total. The van der Waals surface area contributed by atoms with Crippen molar-refractivity contribution in [1.82, 2.24) is 4.57 Å². The van der Waals surface area contributed by atoms with E-state index in [0.29, 0.717) is 11.3 Å². The number of phenolic OH excluding ortho intramolecular Hbond substituents is 1. The van der Waals surface area contributed by atoms with Gasteiger partial charge in [0.25, 0.3) is 11.2 Å². The van der Waals surface area contributed by atoms with E-state index in [1.54, 1.807) is 24.3 Å². The summed E-state index contributed by atoms with van der Waals surface area (Å²) in [6.45, 7) is 0. The summed E-state index contributed by atoms with van der Waals surface area (Å²) in [6, 6.07) is 17.1. The third-order valence-electron chi connectivity index (χ3n) is 5.59. The van der Waals surface area contributed by atoms with E-state index in [0.717, 1.165) is 16.7 Å². The number of carbonyl (C=O) groups is 1. The number of carboxylic acids is 1. The highest BCUT2D eigenvalue weighted by atomic mass is 16.6. The van der Waals surface area contributed by atoms with Crippen LogP contribution in [0.2, 0.25) is 0 Å².